The maximum Gasteiger partial charge on any atom is 0.266 e. The van der Waals surface area contributed by atoms with Gasteiger partial charge in [0, 0.05) is 18.7 Å². The van der Waals surface area contributed by atoms with Crippen molar-refractivity contribution in [3.63, 3.8) is 0 Å². The number of carbonyl (C=O) groups is 1. The van der Waals surface area contributed by atoms with Crippen molar-refractivity contribution in [2.75, 3.05) is 20.2 Å². The van der Waals surface area contributed by atoms with E-state index in [0.717, 1.165) is 10.7 Å². The molecule has 1 aliphatic rings. The summed E-state index contributed by atoms with van der Waals surface area (Å²) in [5, 5.41) is 0.755. The van der Waals surface area contributed by atoms with E-state index in [2.05, 4.69) is 4.99 Å². The first kappa shape index (κ1) is 18.4. The molecular weight excluding hydrogens is 324 g/mol. The Balaban J connectivity index is 2.44. The fourth-order valence-electron chi connectivity index (χ4n) is 2.35. The summed E-state index contributed by atoms with van der Waals surface area (Å²) in [5.41, 5.74) is 0.827. The predicted molar refractivity (Wildman–Crippen MR) is 99.7 cm³/mol. The first-order valence-electron chi connectivity index (χ1n) is 8.11. The van der Waals surface area contributed by atoms with Gasteiger partial charge in [-0.25, -0.2) is 0 Å². The molecule has 0 bridgehead atoms. The molecule has 0 aromatic heterocycles. The topological polar surface area (TPSA) is 51.1 Å². The fourth-order valence-corrected chi connectivity index (χ4v) is 3.45. The number of hydrogen-bond donors (Lipinski definition) is 0. The van der Waals surface area contributed by atoms with Crippen LogP contribution < -0.4 is 9.47 Å². The first-order chi connectivity index (χ1) is 11.5. The van der Waals surface area contributed by atoms with Gasteiger partial charge in [0.05, 0.1) is 18.1 Å². The summed E-state index contributed by atoms with van der Waals surface area (Å²) < 4.78 is 11.3. The number of hydrogen-bond acceptors (Lipinski definition) is 5. The van der Waals surface area contributed by atoms with E-state index >= 15 is 0 Å². The van der Waals surface area contributed by atoms with Crippen LogP contribution in [0.15, 0.2) is 28.1 Å². The number of benzene rings is 1. The van der Waals surface area contributed by atoms with Crippen LogP contribution in [0.25, 0.3) is 6.08 Å². The van der Waals surface area contributed by atoms with Gasteiger partial charge in [0.25, 0.3) is 5.91 Å². The molecule has 0 saturated carbocycles. The highest BCUT2D eigenvalue weighted by Gasteiger charge is 2.32. The second-order valence-electron chi connectivity index (χ2n) is 5.46. The molecule has 1 amide bonds. The zero-order valence-electron chi connectivity index (χ0n) is 14.8. The lowest BCUT2D eigenvalue weighted by Gasteiger charge is -2.16. The Bertz CT molecular complexity index is 668. The van der Waals surface area contributed by atoms with Crippen molar-refractivity contribution in [1.29, 1.82) is 0 Å². The highest BCUT2D eigenvalue weighted by Crippen LogP contribution is 2.37. The third-order valence-corrected chi connectivity index (χ3v) is 4.41. The molecule has 1 aliphatic heterocycles. The monoisotopic (exact) mass is 348 g/mol. The van der Waals surface area contributed by atoms with Gasteiger partial charge in [-0.05, 0) is 51.6 Å². The van der Waals surface area contributed by atoms with Crippen LogP contribution >= 0.6 is 11.8 Å². The van der Waals surface area contributed by atoms with E-state index in [1.807, 2.05) is 52.0 Å². The van der Waals surface area contributed by atoms with Crippen LogP contribution in [-0.2, 0) is 4.79 Å². The number of nitrogens with zero attached hydrogens (tertiary/aromatic N) is 2. The van der Waals surface area contributed by atoms with Crippen LogP contribution in [0.2, 0.25) is 0 Å². The molecule has 0 radical (unpaired) electrons. The summed E-state index contributed by atoms with van der Waals surface area (Å²) in [6, 6.07) is 5.67. The van der Waals surface area contributed by atoms with E-state index in [4.69, 9.17) is 9.47 Å². The molecule has 1 aromatic rings. The number of aliphatic imine (C=N–C) groups is 1. The number of carbonyl (C=O) groups excluding carboxylic acids is 1. The number of methoxy groups -OCH3 is 1. The number of ether oxygens (including phenoxy) is 2. The minimum atomic E-state index is -0.0204. The molecule has 24 heavy (non-hydrogen) atoms. The molecule has 0 aliphatic carbocycles. The van der Waals surface area contributed by atoms with Gasteiger partial charge in [0.1, 0.15) is 0 Å². The average Bonchev–Trinajstić information content (AvgIpc) is 2.84. The zero-order valence-corrected chi connectivity index (χ0v) is 15.6. The largest absolute Gasteiger partial charge is 0.493 e. The van der Waals surface area contributed by atoms with Gasteiger partial charge in [-0.15, -0.1) is 0 Å². The van der Waals surface area contributed by atoms with Gasteiger partial charge in [-0.1, -0.05) is 12.1 Å². The third kappa shape index (κ3) is 3.93. The molecule has 0 N–H and O–H groups in total. The molecular formula is C18H24N2O3S. The quantitative estimate of drug-likeness (QED) is 0.734. The highest BCUT2D eigenvalue weighted by atomic mass is 32.2. The fraction of sp³-hybridized carbons (Fsp3) is 0.444. The molecule has 130 valence electrons. The zero-order chi connectivity index (χ0) is 17.7. The second-order valence-corrected chi connectivity index (χ2v) is 6.47. The summed E-state index contributed by atoms with van der Waals surface area (Å²) in [6.45, 7) is 9.10. The van der Waals surface area contributed by atoms with Crippen LogP contribution in [0, 0.1) is 0 Å². The third-order valence-electron chi connectivity index (χ3n) is 3.37. The van der Waals surface area contributed by atoms with Crippen molar-refractivity contribution in [3.8, 4) is 11.5 Å². The first-order valence-corrected chi connectivity index (χ1v) is 8.92. The number of amides is 1. The molecule has 0 unspecified atom stereocenters. The number of para-hydroxylation sites is 1. The number of rotatable bonds is 6. The van der Waals surface area contributed by atoms with Crippen molar-refractivity contribution in [2.24, 2.45) is 4.99 Å². The normalized spacial score (nSPS) is 18.1. The lowest BCUT2D eigenvalue weighted by atomic mass is 10.1. The number of likely N-dealkylation sites (N-methyl/N-ethyl adjacent to an activating group) is 1. The van der Waals surface area contributed by atoms with Crippen LogP contribution in [0.4, 0.5) is 0 Å². The Morgan fingerprint density at radius 3 is 2.67 bits per heavy atom. The van der Waals surface area contributed by atoms with Crippen molar-refractivity contribution >= 4 is 28.9 Å². The molecule has 5 nitrogen and oxygen atoms in total. The van der Waals surface area contributed by atoms with Crippen molar-refractivity contribution in [2.45, 2.75) is 33.8 Å². The summed E-state index contributed by atoms with van der Waals surface area (Å²) in [4.78, 5) is 19.4. The smallest absolute Gasteiger partial charge is 0.266 e. The van der Waals surface area contributed by atoms with Crippen LogP contribution in [0.5, 0.6) is 11.5 Å². The Morgan fingerprint density at radius 2 is 2.08 bits per heavy atom. The Hall–Kier alpha value is -1.95. The summed E-state index contributed by atoms with van der Waals surface area (Å²) in [5.74, 6) is 1.29. The highest BCUT2D eigenvalue weighted by molar-refractivity contribution is 8.18. The van der Waals surface area contributed by atoms with E-state index in [9.17, 15) is 4.79 Å². The van der Waals surface area contributed by atoms with Gasteiger partial charge in [0.15, 0.2) is 16.7 Å². The van der Waals surface area contributed by atoms with Crippen molar-refractivity contribution < 1.29 is 14.3 Å². The Kier molecular flexibility index (Phi) is 6.31. The van der Waals surface area contributed by atoms with Gasteiger partial charge < -0.3 is 9.47 Å². The van der Waals surface area contributed by atoms with Gasteiger partial charge >= 0.3 is 0 Å². The summed E-state index contributed by atoms with van der Waals surface area (Å²) in [6.07, 6.45) is 1.86. The molecule has 0 atom stereocenters. The van der Waals surface area contributed by atoms with E-state index in [-0.39, 0.29) is 12.0 Å². The molecule has 1 heterocycles. The van der Waals surface area contributed by atoms with Crippen molar-refractivity contribution in [1.82, 2.24) is 4.90 Å². The molecule has 1 fully saturated rings. The van der Waals surface area contributed by atoms with Gasteiger partial charge in [-0.2, -0.15) is 0 Å². The number of amidine groups is 1. The summed E-state index contributed by atoms with van der Waals surface area (Å²) >= 11 is 1.40. The Labute approximate surface area is 147 Å². The molecule has 6 heteroatoms. The maximum absolute atomic E-state index is 12.6. The van der Waals surface area contributed by atoms with E-state index in [1.165, 1.54) is 11.8 Å². The van der Waals surface area contributed by atoms with E-state index in [0.29, 0.717) is 29.5 Å². The Morgan fingerprint density at radius 1 is 1.33 bits per heavy atom. The van der Waals surface area contributed by atoms with Crippen LogP contribution in [0.3, 0.4) is 0 Å². The maximum atomic E-state index is 12.6. The minimum absolute atomic E-state index is 0.00902. The van der Waals surface area contributed by atoms with E-state index < -0.39 is 0 Å². The standard InChI is InChI=1S/C18H24N2O3S/c1-6-19-18-20(7-2)17(21)15(24-18)11-13-9-8-10-14(22-5)16(13)23-12(3)4/h8-12H,6-7H2,1-5H3/b15-11-,19-18?. The predicted octanol–water partition coefficient (Wildman–Crippen LogP) is 3.79. The van der Waals surface area contributed by atoms with Crippen LogP contribution in [0.1, 0.15) is 33.3 Å². The van der Waals surface area contributed by atoms with Gasteiger partial charge in [-0.3, -0.25) is 14.7 Å². The molecule has 2 rings (SSSR count). The van der Waals surface area contributed by atoms with E-state index in [1.54, 1.807) is 12.0 Å². The minimum Gasteiger partial charge on any atom is -0.493 e. The number of thioether (sulfide) groups is 1. The molecule has 0 spiro atoms. The van der Waals surface area contributed by atoms with Crippen molar-refractivity contribution in [3.05, 3.63) is 28.7 Å². The molecule has 1 aromatic carbocycles. The summed E-state index contributed by atoms with van der Waals surface area (Å²) in [7, 11) is 1.61. The SMILES string of the molecule is CCN=C1S/C(=C\c2cccc(OC)c2OC(C)C)C(=O)N1CC. The lowest BCUT2D eigenvalue weighted by molar-refractivity contribution is -0.122. The average molecular weight is 348 g/mol. The van der Waals surface area contributed by atoms with Gasteiger partial charge in [0.2, 0.25) is 0 Å². The van der Waals surface area contributed by atoms with Crippen LogP contribution in [-0.4, -0.2) is 42.3 Å². The lowest BCUT2D eigenvalue weighted by Crippen LogP contribution is -2.28. The second kappa shape index (κ2) is 8.24. The molecule has 1 saturated heterocycles.